The molecule has 15 heteroatoms. The fraction of sp³-hybridized carbons (Fsp3) is 0.396. The molecule has 0 bridgehead atoms. The number of halogens is 3. The van der Waals surface area contributed by atoms with E-state index >= 15 is 0 Å². The fourth-order valence-corrected chi connectivity index (χ4v) is 33.9. The van der Waals surface area contributed by atoms with Crippen LogP contribution in [0.3, 0.4) is 0 Å². The Morgan fingerprint density at radius 1 is 0.369 bits per heavy atom. The minimum Gasteiger partial charge on any atom is -0.462 e. The van der Waals surface area contributed by atoms with Gasteiger partial charge in [-0.3, -0.25) is 0 Å². The van der Waals surface area contributed by atoms with E-state index in [9.17, 15) is 9.90 Å². The van der Waals surface area contributed by atoms with Gasteiger partial charge < -0.3 is 23.8 Å². The molecule has 0 aliphatic heterocycles. The number of esters is 1. The van der Waals surface area contributed by atoms with Crippen LogP contribution in [0.25, 0.3) is 22.5 Å². The Hall–Kier alpha value is -8.71. The lowest BCUT2D eigenvalue weighted by molar-refractivity contribution is 0.0526. The van der Waals surface area contributed by atoms with E-state index in [1.54, 1.807) is 5.56 Å². The lowest BCUT2D eigenvalue weighted by atomic mass is 9.62. The predicted octanol–water partition coefficient (Wildman–Crippen LogP) is 35.3. The fourth-order valence-electron chi connectivity index (χ4n) is 20.1. The molecule has 12 aromatic carbocycles. The summed E-state index contributed by atoms with van der Waals surface area (Å²) in [5.74, 6) is 3.08. The van der Waals surface area contributed by atoms with Gasteiger partial charge in [0.05, 0.1) is 54.7 Å². The summed E-state index contributed by atoms with van der Waals surface area (Å²) in [7, 11) is -10.7. The first-order chi connectivity index (χ1) is 69.3. The number of hydrogen-bond acceptors (Lipinski definition) is 6. The van der Waals surface area contributed by atoms with E-state index in [0.717, 1.165) is 31.2 Å². The van der Waals surface area contributed by atoms with Crippen molar-refractivity contribution in [3.8, 4) is 23.4 Å². The van der Waals surface area contributed by atoms with E-state index in [2.05, 4.69) is 519 Å². The van der Waals surface area contributed by atoms with Gasteiger partial charge in [-0.15, -0.1) is 17.5 Å². The number of terminal acetylenes is 1. The highest BCUT2D eigenvalue weighted by Crippen LogP contribution is 2.52. The first-order valence-corrected chi connectivity index (χ1v) is 73.7. The maximum absolute atomic E-state index is 12.0. The van der Waals surface area contributed by atoms with Crippen LogP contribution in [0.15, 0.2) is 292 Å². The minimum absolute atomic E-state index is 0.00503. The molecule has 3 aliphatic rings. The molecule has 3 aliphatic carbocycles. The largest absolute Gasteiger partial charge is 0.462 e. The van der Waals surface area contributed by atoms with E-state index in [4.69, 9.17) is 25.1 Å². The van der Waals surface area contributed by atoms with Gasteiger partial charge in [0.15, 0.2) is 0 Å². The van der Waals surface area contributed by atoms with Crippen molar-refractivity contribution in [2.45, 2.75) is 338 Å². The molecule has 0 heterocycles. The SMILES string of the molecule is C#C[Si](C)(C)C.CC(C)(C)[Si](OCc1ccc(Br)cc1)(c1ccccc1)c1ccccc1.CC(C)(C)[Si](OCc1ccc(C#C[Si](C)(C)C)cc1)(c1ccccc1)c1ccccc1.CCOC(=O)c1ccc(/C=C(/c2cc3c(cc2C)C(C)(C)CCC3(C)C)[Si](C)(C)C)cc1.Cc1cc2c(cc1/C(=C/c1ccc(CO)cc1)[Si](C)(C)C)C(C)(C)CCC2(C)C.Cc1cc2c(cc1Br)C(C)(C)CCC2(C)C.OCc1ccc(Br)cc1. The molecule has 0 fully saturated rings. The van der Waals surface area contributed by atoms with Crippen LogP contribution in [-0.2, 0) is 72.5 Å². The van der Waals surface area contributed by atoms with Crippen molar-refractivity contribution in [1.82, 2.24) is 0 Å². The van der Waals surface area contributed by atoms with Crippen LogP contribution >= 0.6 is 47.8 Å². The van der Waals surface area contributed by atoms with E-state index < -0.39 is 48.9 Å². The normalized spacial score (nSPS) is 15.3. The molecular weight excluding hydrogens is 2110 g/mol. The quantitative estimate of drug-likeness (QED) is 0.0342. The Labute approximate surface area is 933 Å². The molecule has 15 rings (SSSR count). The predicted molar refractivity (Wildman–Crippen MR) is 672 cm³/mol. The zero-order valence-corrected chi connectivity index (χ0v) is 107. The van der Waals surface area contributed by atoms with Crippen molar-refractivity contribution < 1.29 is 28.6 Å². The summed E-state index contributed by atoms with van der Waals surface area (Å²) in [6.45, 7) is 80.7. The molecule has 6 nitrogen and oxygen atoms in total. The van der Waals surface area contributed by atoms with Gasteiger partial charge in [-0.25, -0.2) is 4.79 Å². The van der Waals surface area contributed by atoms with Crippen molar-refractivity contribution in [3.63, 3.8) is 0 Å². The molecule has 149 heavy (non-hydrogen) atoms. The summed E-state index contributed by atoms with van der Waals surface area (Å²) < 4.78 is 22.4. The number of carbonyl (C=O) groups excluding carboxylic acids is 1. The van der Waals surface area contributed by atoms with E-state index in [1.165, 1.54) is 146 Å². The van der Waals surface area contributed by atoms with Crippen molar-refractivity contribution >= 4 is 146 Å². The van der Waals surface area contributed by atoms with Gasteiger partial charge in [0.25, 0.3) is 16.6 Å². The van der Waals surface area contributed by atoms with Gasteiger partial charge in [0, 0.05) is 19.0 Å². The first kappa shape index (κ1) is 124. The summed E-state index contributed by atoms with van der Waals surface area (Å²) in [6, 6.07) is 98.5. The summed E-state index contributed by atoms with van der Waals surface area (Å²) in [5.41, 5.74) is 32.2. The number of aliphatic hydroxyl groups excluding tert-OH is 2. The lowest BCUT2D eigenvalue weighted by Gasteiger charge is -2.43. The second kappa shape index (κ2) is 51.6. The number of hydrogen-bond donors (Lipinski definition) is 2. The zero-order valence-electron chi connectivity index (χ0n) is 96.7. The van der Waals surface area contributed by atoms with Crippen molar-refractivity contribution in [1.29, 1.82) is 0 Å². The van der Waals surface area contributed by atoms with Crippen LogP contribution in [0, 0.1) is 44.2 Å². The molecule has 12 aromatic rings. The molecule has 0 amide bonds. The highest BCUT2D eigenvalue weighted by atomic mass is 79.9. The summed E-state index contributed by atoms with van der Waals surface area (Å²) in [5, 5.41) is 26.2. The molecule has 0 saturated heterocycles. The highest BCUT2D eigenvalue weighted by molar-refractivity contribution is 9.11. The maximum Gasteiger partial charge on any atom is 0.338 e. The maximum atomic E-state index is 12.0. The van der Waals surface area contributed by atoms with Crippen molar-refractivity contribution in [2.24, 2.45) is 0 Å². The number of aliphatic hydroxyl groups is 2. The number of fused-ring (bicyclic) bond motifs is 3. The Morgan fingerprint density at radius 2 is 0.638 bits per heavy atom. The Morgan fingerprint density at radius 3 is 0.913 bits per heavy atom. The molecule has 0 radical (unpaired) electrons. The Kier molecular flexibility index (Phi) is 42.8. The molecule has 0 aromatic heterocycles. The first-order valence-electron chi connectivity index (χ1n) is 53.5. The van der Waals surface area contributed by atoms with E-state index in [-0.39, 0.29) is 50.9 Å². The second-order valence-electron chi connectivity index (χ2n) is 51.1. The van der Waals surface area contributed by atoms with Crippen LogP contribution < -0.4 is 20.7 Å². The summed E-state index contributed by atoms with van der Waals surface area (Å²) in [4.78, 5) is 12.0. The third-order valence-electron chi connectivity index (χ3n) is 29.7. The average molecular weight is 2290 g/mol. The summed E-state index contributed by atoms with van der Waals surface area (Å²) in [6.07, 6.45) is 17.4. The molecule has 0 unspecified atom stereocenters. The number of benzene rings is 12. The molecule has 0 spiro atoms. The number of aryl methyl sites for hydroxylation is 3. The molecule has 2 N–H and O–H groups in total. The summed E-state index contributed by atoms with van der Waals surface area (Å²) >= 11 is 10.5. The number of rotatable bonds is 20. The zero-order chi connectivity index (χ0) is 111. The average Bonchev–Trinajstić information content (AvgIpc) is 0.732. The van der Waals surface area contributed by atoms with Crippen LogP contribution in [0.2, 0.25) is 88.6 Å². The van der Waals surface area contributed by atoms with Crippen LogP contribution in [-0.4, -0.2) is 71.7 Å². The van der Waals surface area contributed by atoms with Gasteiger partial charge in [0.1, 0.15) is 16.1 Å². The van der Waals surface area contributed by atoms with Gasteiger partial charge in [0.2, 0.25) is 0 Å². The smallest absolute Gasteiger partial charge is 0.338 e. The Balaban J connectivity index is 0.000000201. The van der Waals surface area contributed by atoms with Crippen molar-refractivity contribution in [3.05, 3.63) is 398 Å². The lowest BCUT2D eigenvalue weighted by Crippen LogP contribution is -2.66. The number of carbonyl (C=O) groups is 1. The third-order valence-corrected chi connectivity index (χ3v) is 47.3. The second-order valence-corrected chi connectivity index (χ2v) is 82.1. The monoisotopic (exact) mass is 2280 g/mol. The van der Waals surface area contributed by atoms with E-state index in [1.807, 2.05) is 67.6 Å². The Bertz CT molecular complexity index is 6460. The van der Waals surface area contributed by atoms with Crippen LogP contribution in [0.4, 0.5) is 0 Å². The van der Waals surface area contributed by atoms with E-state index in [0.29, 0.717) is 36.2 Å². The molecule has 792 valence electrons. The topological polar surface area (TPSA) is 85.2 Å². The highest BCUT2D eigenvalue weighted by Gasteiger charge is 2.52. The third kappa shape index (κ3) is 33.4. The molecular formula is C134H175Br3O6Si6. The molecule has 0 atom stereocenters. The van der Waals surface area contributed by atoms with Crippen molar-refractivity contribution in [2.75, 3.05) is 6.61 Å². The van der Waals surface area contributed by atoms with Gasteiger partial charge in [-0.1, -0.05) is 504 Å². The van der Waals surface area contributed by atoms with Gasteiger partial charge >= 0.3 is 5.97 Å². The standard InChI is InChI=1S/C29H40O2Si.C28H34OSi2.C27H38OSi.C23H25BrOSi.C15H21Br.C7H7BrO.C5H10Si/c1-10-31-27(30)22-13-11-21(12-14-22)18-26(32(7,8)9)23-19-25-24(17-20(23)2)28(3,4)15-16-29(25,5)6;1-28(2,3)31(26-13-9-7-10-14-26,27-15-11-8-12-16-27)29-23-25-19-17-24(18-20-25)21-22-30(4,5)6;1-19-15-23-24(27(4,5)14-13-26(23,2)3)17-22(19)25(29(6,7)8)16-20-9-11-21(18-28)12-10-20;1-23(2,3)26(21-10-6-4-7-11-21,22-12-8-5-9-13-22)25-18-19-14-16-20(24)17-15-19;1-10-8-11-12(9-13(10)16)15(4,5)7-6-14(11,2)3;8-7-3-1-6(5-9)2-4-7;1-5-6(2,3)4/h11-14,17-19H,10,15-16H2,1-9H3;7-20H,23H2,1-6H3;9-12,15-17,28H,13-14,18H2,1-8H3;4-17H,18H2,1-3H3;8-9H,6-7H2,1-5H3;1-4,9H,5H2;1H,2-4H3/b26-18-;;25-16-;;;;. The minimum atomic E-state index is -2.51. The number of ether oxygens (including phenoxy) is 1. The van der Waals surface area contributed by atoms with Crippen LogP contribution in [0.5, 0.6) is 0 Å². The van der Waals surface area contributed by atoms with Gasteiger partial charge in [-0.05, 0) is 279 Å². The van der Waals surface area contributed by atoms with Crippen LogP contribution in [0.1, 0.15) is 281 Å². The van der Waals surface area contributed by atoms with Gasteiger partial charge in [-0.2, -0.15) is 0 Å². The molecule has 0 saturated carbocycles.